The lowest BCUT2D eigenvalue weighted by molar-refractivity contribution is -0.169. The van der Waals surface area contributed by atoms with Crippen molar-refractivity contribution in [2.24, 2.45) is 17.6 Å². The van der Waals surface area contributed by atoms with Gasteiger partial charge in [-0.25, -0.2) is 0 Å². The smallest absolute Gasteiger partial charge is 0.0988 e. The molecule has 0 radical (unpaired) electrons. The second-order valence-corrected chi connectivity index (χ2v) is 55.0. The summed E-state index contributed by atoms with van der Waals surface area (Å²) in [6.07, 6.45) is 15.7. The van der Waals surface area contributed by atoms with Gasteiger partial charge in [-0.2, -0.15) is 0 Å². The molecule has 12 aliphatic heterocycles. The Labute approximate surface area is 838 Å². The fourth-order valence-electron chi connectivity index (χ4n) is 20.7. The molecule has 2 aliphatic carbocycles. The molecule has 0 aromatic carbocycles. The predicted molar refractivity (Wildman–Crippen MR) is 563 cm³/mol. The highest BCUT2D eigenvalue weighted by molar-refractivity contribution is 5.07. The monoisotopic (exact) mass is 1960 g/mol. The maximum absolute atomic E-state index is 10.5. The fraction of sp³-hybridized carbons (Fsp3) is 1.00. The van der Waals surface area contributed by atoms with Gasteiger partial charge in [-0.3, -0.25) is 58.8 Å². The topological polar surface area (TPSA) is 389 Å². The van der Waals surface area contributed by atoms with Crippen molar-refractivity contribution >= 4 is 0 Å². The summed E-state index contributed by atoms with van der Waals surface area (Å²) >= 11 is 0. The second-order valence-electron chi connectivity index (χ2n) is 55.0. The van der Waals surface area contributed by atoms with Gasteiger partial charge in [0.05, 0.1) is 104 Å². The molecule has 0 spiro atoms. The highest BCUT2D eigenvalue weighted by Crippen LogP contribution is 2.43. The SMILES string of the molecule is CC(C)(C)N1CC(O)(C2CCCCC2)C1.CC(C)(C)N1CC(O)(C2CCCCC2)C1.CC(C)(C)N1CC(O)C1.CC(C)(C)N1CCCC1.CC(C)(C)N1CC[C@@H](N)C1.CC(C)(C)N1CC[C@@H](O)C1.CC(C)(C)N1CC[C@H](O)C1.CC(C)(C)N1C[C@@H](O)[C@@H](O)C1.CC(C)(C)N1C[C@@H](O)[C@H](O)[C@H]1CO.CC(C)(C)N1C[C@H](O)C[C@@H]1CO.CC(C)(C)N1C[C@H](O)C[C@H]1CO.CC(C)(C)N1C[C@H](O)[C@@H](O)C1. The molecule has 29 nitrogen and oxygen atoms in total. The third-order valence-electron chi connectivity index (χ3n) is 30.7. The highest BCUT2D eigenvalue weighted by atomic mass is 16.3. The van der Waals surface area contributed by atoms with Crippen LogP contribution in [0.5, 0.6) is 0 Å². The Morgan fingerprint density at radius 1 is 0.234 bits per heavy atom. The summed E-state index contributed by atoms with van der Waals surface area (Å²) in [4.78, 5) is 27.1. The Morgan fingerprint density at radius 3 is 0.672 bits per heavy atom. The Bertz CT molecular complexity index is 3040. The van der Waals surface area contributed by atoms with Crippen molar-refractivity contribution in [2.45, 2.75) is 527 Å². The minimum atomic E-state index is -0.829. The molecule has 18 N–H and O–H groups in total. The van der Waals surface area contributed by atoms with E-state index in [1.807, 2.05) is 25.7 Å². The number of nitrogens with zero attached hydrogens (tertiary/aromatic N) is 12. The molecule has 14 fully saturated rings. The third-order valence-corrected chi connectivity index (χ3v) is 30.7. The van der Waals surface area contributed by atoms with Crippen LogP contribution in [0, 0.1) is 11.8 Å². The first kappa shape index (κ1) is 130. The molecule has 14 rings (SSSR count). The number of likely N-dealkylation sites (tertiary alicyclic amines) is 12. The van der Waals surface area contributed by atoms with Crippen molar-refractivity contribution < 1.29 is 81.7 Å². The van der Waals surface area contributed by atoms with Gasteiger partial charge in [0.1, 0.15) is 0 Å². The lowest BCUT2D eigenvalue weighted by atomic mass is 9.71. The molecule has 2 saturated carbocycles. The molecule has 14 aliphatic rings. The molecule has 14 atom stereocenters. The van der Waals surface area contributed by atoms with Crippen molar-refractivity contribution in [1.82, 2.24) is 58.8 Å². The third kappa shape index (κ3) is 44.7. The standard InChI is InChI=1S/2C13H25NO.C9H19NO3.2C9H19NO2.C8H18N2.2C8H17NO2.2C8H17NO.C8H17N.C7H15NO/c2*1-12(2,3)14-9-13(15,10-14)11-7-5-4-6-8-11;1-9(2,3)10-4-7(12)8(13)6(10)5-11;2*1-9(2,3)10-5-8(12)4-7(10)6-11;1-8(2,3)10-5-4-7(9)6-10;2*1-8(2,3)9-4-6(10)7(11)5-9;2*1-8(2,3)9-5-4-7(10)6-9;1-8(2,3)9-6-4-5-7-9;1-7(2,3)8-4-6(9)5-8/h2*11,15H,4-10H2,1-3H3;6-8,11-13H,4-5H2,1-3H3;2*7-8,11-12H,4-6H2,1-3H3;7H,4-6,9H2,1-3H3;2*6-7,10-11H,4-5H2,1-3H3;2*7,10H,4-6H2,1-3H3;4-7H2,1-3H3;6,9H,4-5H2,1-3H3/t;;6-,7-,8-;7-,8+;7-,8-;7-;6-,7+;6-,7-;2*7-;;/m..1011.010../s1. The average Bonchev–Trinajstić information content (AvgIpc) is 1.48. The zero-order chi connectivity index (χ0) is 106. The second kappa shape index (κ2) is 54.3. The molecule has 12 saturated heterocycles. The molecule has 0 aromatic heterocycles. The fourth-order valence-corrected chi connectivity index (χ4v) is 20.7. The number of aliphatic hydroxyl groups excluding tert-OH is 14. The van der Waals surface area contributed by atoms with E-state index in [2.05, 4.69) is 282 Å². The van der Waals surface area contributed by atoms with Crippen molar-refractivity contribution in [3.05, 3.63) is 0 Å². The first-order valence-corrected chi connectivity index (χ1v) is 53.6. The number of aliphatic hydroxyl groups is 16. The van der Waals surface area contributed by atoms with E-state index in [9.17, 15) is 61.3 Å². The Balaban J connectivity index is 0.000000386. The van der Waals surface area contributed by atoms with Crippen molar-refractivity contribution in [2.75, 3.05) is 157 Å². The molecular weight excluding hydrogens is 1740 g/mol. The molecular formula is C108H225N13O16. The van der Waals surface area contributed by atoms with E-state index in [0.717, 1.165) is 91.3 Å². The molecule has 0 amide bonds. The van der Waals surface area contributed by atoms with E-state index < -0.39 is 36.6 Å². The molecule has 12 heterocycles. The Hall–Kier alpha value is -1.16. The van der Waals surface area contributed by atoms with Crippen LogP contribution < -0.4 is 5.73 Å². The van der Waals surface area contributed by atoms with E-state index in [-0.39, 0.29) is 135 Å². The Morgan fingerprint density at radius 2 is 0.496 bits per heavy atom. The summed E-state index contributed by atoms with van der Waals surface area (Å²) in [5, 5.41) is 150. The maximum Gasteiger partial charge on any atom is 0.0988 e. The number of hydrogen-bond acceptors (Lipinski definition) is 29. The summed E-state index contributed by atoms with van der Waals surface area (Å²) < 4.78 is 0. The molecule has 0 bridgehead atoms. The predicted octanol–water partition coefficient (Wildman–Crippen LogP) is 8.94. The van der Waals surface area contributed by atoms with Gasteiger partial charge in [0.25, 0.3) is 0 Å². The van der Waals surface area contributed by atoms with Crippen molar-refractivity contribution in [1.29, 1.82) is 0 Å². The minimum absolute atomic E-state index is 0.0465. The Kier molecular flexibility index (Phi) is 51.6. The van der Waals surface area contributed by atoms with Crippen LogP contribution in [0.1, 0.15) is 358 Å². The number of hydrogen-bond donors (Lipinski definition) is 17. The van der Waals surface area contributed by atoms with E-state index >= 15 is 0 Å². The van der Waals surface area contributed by atoms with Crippen LogP contribution in [0.2, 0.25) is 0 Å². The van der Waals surface area contributed by atoms with Gasteiger partial charge in [-0.1, -0.05) is 38.5 Å². The van der Waals surface area contributed by atoms with Gasteiger partial charge in [-0.05, 0) is 345 Å². The summed E-state index contributed by atoms with van der Waals surface area (Å²) in [5.41, 5.74) is 7.03. The van der Waals surface area contributed by atoms with Gasteiger partial charge < -0.3 is 87.4 Å². The van der Waals surface area contributed by atoms with Crippen molar-refractivity contribution in [3.63, 3.8) is 0 Å². The van der Waals surface area contributed by atoms with Crippen LogP contribution in [-0.2, 0) is 0 Å². The normalized spacial score (nSPS) is 30.6. The first-order chi connectivity index (χ1) is 62.0. The van der Waals surface area contributed by atoms with Crippen LogP contribution in [0.3, 0.4) is 0 Å². The summed E-state index contributed by atoms with van der Waals surface area (Å²) in [5.74, 6) is 1.15. The van der Waals surface area contributed by atoms with E-state index in [1.165, 1.54) is 96.7 Å². The number of nitrogens with two attached hydrogens (primary N) is 1. The van der Waals surface area contributed by atoms with Gasteiger partial charge in [-0.15, -0.1) is 0 Å². The van der Waals surface area contributed by atoms with Crippen LogP contribution in [0.4, 0.5) is 0 Å². The number of rotatable bonds is 5. The van der Waals surface area contributed by atoms with Crippen LogP contribution in [0.25, 0.3) is 0 Å². The van der Waals surface area contributed by atoms with Gasteiger partial charge in [0.15, 0.2) is 0 Å². The number of β-amino-alcohol motifs (C(OH)–C–C–N with tert-alkyl or cyclic N) is 12. The molecule has 0 aromatic rings. The van der Waals surface area contributed by atoms with E-state index in [0.29, 0.717) is 87.6 Å². The van der Waals surface area contributed by atoms with Gasteiger partial charge in [0.2, 0.25) is 0 Å². The van der Waals surface area contributed by atoms with E-state index in [1.54, 1.807) is 0 Å². The van der Waals surface area contributed by atoms with E-state index in [4.69, 9.17) is 26.2 Å². The quantitative estimate of drug-likeness (QED) is 0.122. The average molecular weight is 1960 g/mol. The van der Waals surface area contributed by atoms with Crippen LogP contribution in [-0.4, -0.2) is 467 Å². The first-order valence-electron chi connectivity index (χ1n) is 53.6. The zero-order valence-electron chi connectivity index (χ0n) is 94.9. The summed E-state index contributed by atoms with van der Waals surface area (Å²) in [6.45, 7) is 96.0. The lowest BCUT2D eigenvalue weighted by Gasteiger charge is -2.56. The minimum Gasteiger partial charge on any atom is -0.395 e. The molecule has 818 valence electrons. The lowest BCUT2D eigenvalue weighted by Crippen LogP contribution is -2.69. The van der Waals surface area contributed by atoms with Gasteiger partial charge >= 0.3 is 0 Å². The van der Waals surface area contributed by atoms with Crippen LogP contribution in [0.15, 0.2) is 0 Å². The summed E-state index contributed by atoms with van der Waals surface area (Å²) in [6, 6.07) is 0.356. The highest BCUT2D eigenvalue weighted by Gasteiger charge is 2.53. The van der Waals surface area contributed by atoms with Crippen molar-refractivity contribution in [3.8, 4) is 0 Å². The maximum atomic E-state index is 10.5. The van der Waals surface area contributed by atoms with Gasteiger partial charge in [0, 0.05) is 209 Å². The summed E-state index contributed by atoms with van der Waals surface area (Å²) in [7, 11) is 0. The van der Waals surface area contributed by atoms with Crippen LogP contribution >= 0.6 is 0 Å². The largest absolute Gasteiger partial charge is 0.395 e. The zero-order valence-corrected chi connectivity index (χ0v) is 94.9. The molecule has 0 unspecified atom stereocenters. The molecule has 29 heteroatoms. The molecule has 137 heavy (non-hydrogen) atoms.